The van der Waals surface area contributed by atoms with Gasteiger partial charge >= 0.3 is 5.97 Å². The molecule has 10 nitrogen and oxygen atoms in total. The predicted molar refractivity (Wildman–Crippen MR) is 144 cm³/mol. The van der Waals surface area contributed by atoms with Crippen molar-refractivity contribution in [2.45, 2.75) is 25.2 Å². The molecule has 3 heterocycles. The molecule has 1 aromatic heterocycles. The fourth-order valence-electron chi connectivity index (χ4n) is 4.44. The molecule has 0 unspecified atom stereocenters. The lowest BCUT2D eigenvalue weighted by atomic mass is 10.0. The Bertz CT molecular complexity index is 1490. The molecule has 1 amide bonds. The Balaban J connectivity index is 1.38. The average molecular weight is 573 g/mol. The highest BCUT2D eigenvalue weighted by molar-refractivity contribution is 7.89. The predicted octanol–water partition coefficient (Wildman–Crippen LogP) is 3.83. The van der Waals surface area contributed by atoms with Gasteiger partial charge < -0.3 is 24.3 Å². The first-order chi connectivity index (χ1) is 18.8. The van der Waals surface area contributed by atoms with Crippen molar-refractivity contribution < 1.29 is 37.0 Å². The van der Waals surface area contributed by atoms with Crippen molar-refractivity contribution in [2.75, 3.05) is 45.0 Å². The van der Waals surface area contributed by atoms with Crippen molar-refractivity contribution >= 4 is 38.2 Å². The van der Waals surface area contributed by atoms with Gasteiger partial charge in [-0.3, -0.25) is 4.79 Å². The zero-order chi connectivity index (χ0) is 27.6. The standard InChI is InChI=1S/C27H28N2O8S2/c1-3-35-27(31)24-21(14-18-4-9-22-23(15-18)37-16-36-22)17(2)38-26(24)28-25(30)19-5-7-20(8-6-19)39(32,33)29-10-12-34-13-11-29/h4-9,15H,3,10-14,16H2,1-2H3,(H,28,30). The number of hydrogen-bond acceptors (Lipinski definition) is 9. The van der Waals surface area contributed by atoms with Crippen LogP contribution in [0.25, 0.3) is 0 Å². The van der Waals surface area contributed by atoms with Crippen LogP contribution in [0, 0.1) is 6.92 Å². The molecule has 1 fully saturated rings. The summed E-state index contributed by atoms with van der Waals surface area (Å²) in [5.74, 6) is 0.320. The Morgan fingerprint density at radius 2 is 1.77 bits per heavy atom. The van der Waals surface area contributed by atoms with E-state index in [0.29, 0.717) is 41.7 Å². The van der Waals surface area contributed by atoms with E-state index in [1.807, 2.05) is 25.1 Å². The van der Waals surface area contributed by atoms with Gasteiger partial charge in [-0.2, -0.15) is 4.31 Å². The van der Waals surface area contributed by atoms with Crippen LogP contribution in [-0.2, 0) is 25.9 Å². The Morgan fingerprint density at radius 3 is 2.49 bits per heavy atom. The minimum absolute atomic E-state index is 0.103. The highest BCUT2D eigenvalue weighted by Crippen LogP contribution is 2.38. The third kappa shape index (κ3) is 5.64. The van der Waals surface area contributed by atoms with Gasteiger partial charge in [0.2, 0.25) is 16.8 Å². The summed E-state index contributed by atoms with van der Waals surface area (Å²) in [5.41, 5.74) is 2.23. The van der Waals surface area contributed by atoms with Gasteiger partial charge in [-0.05, 0) is 67.8 Å². The van der Waals surface area contributed by atoms with Crippen molar-refractivity contribution in [3.63, 3.8) is 0 Å². The summed E-state index contributed by atoms with van der Waals surface area (Å²) in [4.78, 5) is 27.1. The van der Waals surface area contributed by atoms with Gasteiger partial charge in [0.15, 0.2) is 11.5 Å². The number of nitrogens with zero attached hydrogens (tertiary/aromatic N) is 1. The molecule has 206 valence electrons. The number of hydrogen-bond donors (Lipinski definition) is 1. The van der Waals surface area contributed by atoms with Crippen molar-refractivity contribution in [2.24, 2.45) is 0 Å². The number of anilines is 1. The SMILES string of the molecule is CCOC(=O)c1c(NC(=O)c2ccc(S(=O)(=O)N3CCOCC3)cc2)sc(C)c1Cc1ccc2c(c1)OCO2. The number of carbonyl (C=O) groups is 2. The number of benzene rings is 2. The van der Waals surface area contributed by atoms with Crippen LogP contribution in [0.4, 0.5) is 5.00 Å². The molecule has 0 atom stereocenters. The topological polar surface area (TPSA) is 120 Å². The van der Waals surface area contributed by atoms with Crippen LogP contribution in [-0.4, -0.2) is 64.3 Å². The van der Waals surface area contributed by atoms with Gasteiger partial charge in [0.1, 0.15) is 5.00 Å². The molecule has 2 aliphatic heterocycles. The molecule has 0 radical (unpaired) electrons. The van der Waals surface area contributed by atoms with Crippen LogP contribution in [0.5, 0.6) is 11.5 Å². The largest absolute Gasteiger partial charge is 0.462 e. The van der Waals surface area contributed by atoms with Gasteiger partial charge in [-0.1, -0.05) is 6.07 Å². The third-order valence-electron chi connectivity index (χ3n) is 6.46. The summed E-state index contributed by atoms with van der Waals surface area (Å²) in [5, 5.41) is 3.21. The molecule has 0 bridgehead atoms. The van der Waals surface area contributed by atoms with Crippen LogP contribution < -0.4 is 14.8 Å². The second-order valence-electron chi connectivity index (χ2n) is 8.92. The normalized spacial score (nSPS) is 15.2. The van der Waals surface area contributed by atoms with Crippen LogP contribution in [0.15, 0.2) is 47.4 Å². The molecule has 1 N–H and O–H groups in total. The summed E-state index contributed by atoms with van der Waals surface area (Å²) in [6.45, 7) is 5.22. The summed E-state index contributed by atoms with van der Waals surface area (Å²) in [7, 11) is -3.68. The Morgan fingerprint density at radius 1 is 1.05 bits per heavy atom. The van der Waals surface area contributed by atoms with E-state index in [9.17, 15) is 18.0 Å². The molecule has 2 aliphatic rings. The second-order valence-corrected chi connectivity index (χ2v) is 12.1. The van der Waals surface area contributed by atoms with Gasteiger partial charge in [0.25, 0.3) is 5.91 Å². The Kier molecular flexibility index (Phi) is 7.89. The maximum absolute atomic E-state index is 13.2. The molecular weight excluding hydrogens is 544 g/mol. The number of nitrogens with one attached hydrogen (secondary N) is 1. The average Bonchev–Trinajstić information content (AvgIpc) is 3.53. The minimum atomic E-state index is -3.68. The lowest BCUT2D eigenvalue weighted by Gasteiger charge is -2.26. The monoisotopic (exact) mass is 572 g/mol. The lowest BCUT2D eigenvalue weighted by molar-refractivity contribution is 0.0527. The van der Waals surface area contributed by atoms with Crippen molar-refractivity contribution in [3.05, 3.63) is 69.6 Å². The number of aryl methyl sites for hydroxylation is 1. The molecule has 0 saturated carbocycles. The molecule has 5 rings (SSSR count). The van der Waals surface area contributed by atoms with Crippen LogP contribution in [0.3, 0.4) is 0 Å². The zero-order valence-electron chi connectivity index (χ0n) is 21.5. The number of rotatable bonds is 8. The van der Waals surface area contributed by atoms with Gasteiger partial charge in [-0.15, -0.1) is 11.3 Å². The number of amides is 1. The van der Waals surface area contributed by atoms with E-state index in [-0.39, 0.29) is 36.9 Å². The number of ether oxygens (including phenoxy) is 4. The molecular formula is C27H28N2O8S2. The lowest BCUT2D eigenvalue weighted by Crippen LogP contribution is -2.40. The summed E-state index contributed by atoms with van der Waals surface area (Å²) < 4.78 is 48.6. The van der Waals surface area contributed by atoms with Crippen molar-refractivity contribution in [3.8, 4) is 11.5 Å². The minimum Gasteiger partial charge on any atom is -0.462 e. The number of fused-ring (bicyclic) bond motifs is 1. The molecule has 2 aromatic carbocycles. The number of carbonyl (C=O) groups excluding carboxylic acids is 2. The maximum Gasteiger partial charge on any atom is 0.341 e. The molecule has 0 spiro atoms. The number of sulfonamides is 1. The van der Waals surface area contributed by atoms with E-state index < -0.39 is 21.9 Å². The molecule has 3 aromatic rings. The molecule has 39 heavy (non-hydrogen) atoms. The highest BCUT2D eigenvalue weighted by atomic mass is 32.2. The van der Waals surface area contributed by atoms with E-state index in [2.05, 4.69) is 5.32 Å². The second kappa shape index (κ2) is 11.3. The van der Waals surface area contributed by atoms with Gasteiger partial charge in [0.05, 0.1) is 30.3 Å². The highest BCUT2D eigenvalue weighted by Gasteiger charge is 2.28. The van der Waals surface area contributed by atoms with Crippen molar-refractivity contribution in [1.82, 2.24) is 4.31 Å². The van der Waals surface area contributed by atoms with Crippen LogP contribution >= 0.6 is 11.3 Å². The van der Waals surface area contributed by atoms with Crippen molar-refractivity contribution in [1.29, 1.82) is 0 Å². The van der Waals surface area contributed by atoms with E-state index in [1.165, 1.54) is 39.9 Å². The molecule has 1 saturated heterocycles. The fraction of sp³-hybridized carbons (Fsp3) is 0.333. The van der Waals surface area contributed by atoms with E-state index in [1.54, 1.807) is 6.92 Å². The van der Waals surface area contributed by atoms with Gasteiger partial charge in [0, 0.05) is 23.5 Å². The Hall–Kier alpha value is -3.45. The first-order valence-corrected chi connectivity index (χ1v) is 14.7. The molecule has 12 heteroatoms. The smallest absolute Gasteiger partial charge is 0.341 e. The quantitative estimate of drug-likeness (QED) is 0.405. The number of morpholine rings is 1. The zero-order valence-corrected chi connectivity index (χ0v) is 23.2. The first-order valence-electron chi connectivity index (χ1n) is 12.4. The Labute approximate surface area is 230 Å². The third-order valence-corrected chi connectivity index (χ3v) is 9.43. The van der Waals surface area contributed by atoms with Crippen LogP contribution in [0.2, 0.25) is 0 Å². The van der Waals surface area contributed by atoms with Gasteiger partial charge in [-0.25, -0.2) is 13.2 Å². The van der Waals surface area contributed by atoms with E-state index in [0.717, 1.165) is 16.0 Å². The summed E-state index contributed by atoms with van der Waals surface area (Å²) in [6, 6.07) is 11.4. The number of esters is 1. The molecule has 0 aliphatic carbocycles. The number of thiophene rings is 1. The fourth-order valence-corrected chi connectivity index (χ4v) is 6.91. The van der Waals surface area contributed by atoms with E-state index in [4.69, 9.17) is 18.9 Å². The first kappa shape index (κ1) is 27.1. The van der Waals surface area contributed by atoms with E-state index >= 15 is 0 Å². The summed E-state index contributed by atoms with van der Waals surface area (Å²) in [6.07, 6.45) is 0.428. The summed E-state index contributed by atoms with van der Waals surface area (Å²) >= 11 is 1.29. The van der Waals surface area contributed by atoms with Crippen LogP contribution in [0.1, 0.15) is 43.6 Å². The maximum atomic E-state index is 13.2.